The van der Waals surface area contributed by atoms with E-state index in [0.29, 0.717) is 84.6 Å². The van der Waals surface area contributed by atoms with E-state index in [9.17, 15) is 19.2 Å². The van der Waals surface area contributed by atoms with E-state index < -0.39 is 5.91 Å². The largest absolute Gasteiger partial charge is 0.366 e. The van der Waals surface area contributed by atoms with Gasteiger partial charge in [0.2, 0.25) is 23.7 Å². The molecule has 4 N–H and O–H groups in total. The lowest BCUT2D eigenvalue weighted by Gasteiger charge is -2.15. The monoisotopic (exact) mass is 706 g/mol. The van der Waals surface area contributed by atoms with Crippen molar-refractivity contribution >= 4 is 63.3 Å². The minimum absolute atomic E-state index is 0.150. The third-order valence-corrected chi connectivity index (χ3v) is 8.96. The minimum atomic E-state index is -0.577. The first-order valence-corrected chi connectivity index (χ1v) is 17.1. The molecule has 16 heteroatoms. The van der Waals surface area contributed by atoms with Crippen LogP contribution in [0.2, 0.25) is 0 Å². The molecule has 0 atom stereocenters. The average Bonchev–Trinajstić information content (AvgIpc) is 3.88. The van der Waals surface area contributed by atoms with E-state index in [1.54, 1.807) is 46.7 Å². The summed E-state index contributed by atoms with van der Waals surface area (Å²) in [6, 6.07) is 14.1. The number of imidazole rings is 2. The maximum Gasteiger partial charge on any atom is 0.276 e. The van der Waals surface area contributed by atoms with Crippen LogP contribution in [0.25, 0.3) is 22.1 Å². The Morgan fingerprint density at radius 2 is 1.33 bits per heavy atom. The Kier molecular flexibility index (Phi) is 9.90. The number of nitrogens with zero attached hydrogens (tertiary/aromatic N) is 9. The van der Waals surface area contributed by atoms with Gasteiger partial charge in [-0.1, -0.05) is 6.07 Å². The van der Waals surface area contributed by atoms with Gasteiger partial charge in [-0.25, -0.2) is 9.97 Å². The Labute approximate surface area is 299 Å². The Morgan fingerprint density at radius 3 is 1.87 bits per heavy atom. The minimum Gasteiger partial charge on any atom is -0.366 e. The number of nitrogens with one attached hydrogen (secondary N) is 2. The molecule has 0 aliphatic rings. The average molecular weight is 707 g/mol. The van der Waals surface area contributed by atoms with Gasteiger partial charge in [-0.05, 0) is 83.0 Å². The van der Waals surface area contributed by atoms with Gasteiger partial charge in [-0.2, -0.15) is 10.2 Å². The molecular formula is C36H42N12O4. The molecular weight excluding hydrogens is 664 g/mol. The van der Waals surface area contributed by atoms with Crippen molar-refractivity contribution in [2.24, 2.45) is 5.73 Å². The topological polar surface area (TPSA) is 193 Å². The van der Waals surface area contributed by atoms with Crippen LogP contribution in [0.1, 0.15) is 76.3 Å². The van der Waals surface area contributed by atoms with Gasteiger partial charge in [-0.3, -0.25) is 39.2 Å². The quantitative estimate of drug-likeness (QED) is 0.146. The van der Waals surface area contributed by atoms with E-state index in [1.165, 1.54) is 11.8 Å². The van der Waals surface area contributed by atoms with E-state index in [4.69, 9.17) is 10.7 Å². The van der Waals surface area contributed by atoms with Crippen LogP contribution in [0.15, 0.2) is 48.5 Å². The highest BCUT2D eigenvalue weighted by Crippen LogP contribution is 2.30. The van der Waals surface area contributed by atoms with Crippen molar-refractivity contribution in [2.75, 3.05) is 22.6 Å². The van der Waals surface area contributed by atoms with Crippen LogP contribution < -0.4 is 21.3 Å². The Bertz CT molecular complexity index is 2340. The Morgan fingerprint density at radius 1 is 0.769 bits per heavy atom. The van der Waals surface area contributed by atoms with Gasteiger partial charge >= 0.3 is 0 Å². The third-order valence-electron chi connectivity index (χ3n) is 8.96. The van der Waals surface area contributed by atoms with Crippen molar-refractivity contribution in [1.82, 2.24) is 38.7 Å². The molecule has 2 aromatic carbocycles. The second-order valence-corrected chi connectivity index (χ2v) is 12.6. The number of carbonyl (C=O) groups excluding carboxylic acids is 4. The normalized spacial score (nSPS) is 11.3. The number of primary amides is 1. The molecule has 52 heavy (non-hydrogen) atoms. The summed E-state index contributed by atoms with van der Waals surface area (Å²) in [5.74, 6) is -0.766. The van der Waals surface area contributed by atoms with Crippen molar-refractivity contribution in [3.05, 3.63) is 76.9 Å². The van der Waals surface area contributed by atoms with Crippen LogP contribution >= 0.6 is 0 Å². The molecule has 4 aromatic heterocycles. The molecule has 4 amide bonds. The Balaban J connectivity index is 1.29. The lowest BCUT2D eigenvalue weighted by atomic mass is 10.2. The van der Waals surface area contributed by atoms with Crippen molar-refractivity contribution in [3.63, 3.8) is 0 Å². The van der Waals surface area contributed by atoms with Crippen molar-refractivity contribution in [1.29, 1.82) is 0 Å². The number of hydrogen-bond acceptors (Lipinski definition) is 8. The SMILES string of the molecule is CCn1nc(C)cc1C(=O)Nc1nc2cc(C(N)=O)ccc2n1CCCCn1c(NC(=O)c2cc(C)nn2CC)nc2c(N(C)C(C)=O)cccc21. The second kappa shape index (κ2) is 14.5. The summed E-state index contributed by atoms with van der Waals surface area (Å²) in [6.07, 6.45) is 1.28. The predicted octanol–water partition coefficient (Wildman–Crippen LogP) is 4.50. The Hall–Kier alpha value is -6.32. The smallest absolute Gasteiger partial charge is 0.276 e. The van der Waals surface area contributed by atoms with Crippen molar-refractivity contribution in [3.8, 4) is 0 Å². The first-order chi connectivity index (χ1) is 24.9. The maximum absolute atomic E-state index is 13.5. The first kappa shape index (κ1) is 35.5. The highest BCUT2D eigenvalue weighted by molar-refractivity contribution is 6.05. The summed E-state index contributed by atoms with van der Waals surface area (Å²) in [7, 11) is 1.69. The zero-order valence-electron chi connectivity index (χ0n) is 30.1. The van der Waals surface area contributed by atoms with Crippen molar-refractivity contribution in [2.45, 2.75) is 73.6 Å². The van der Waals surface area contributed by atoms with Gasteiger partial charge < -0.3 is 19.8 Å². The molecule has 0 unspecified atom stereocenters. The molecule has 6 aromatic rings. The molecule has 6 rings (SSSR count). The summed E-state index contributed by atoms with van der Waals surface area (Å²) in [4.78, 5) is 62.3. The number of amides is 4. The standard InChI is InChI=1S/C36H42N12O4/c1-7-47-29(18-21(3)42-47)33(51)40-35-38-25-20-24(32(37)50)14-15-26(25)45(35)16-9-10-17-46-28-13-11-12-27(44(6)23(5)49)31(28)39-36(46)41-34(52)30-19-22(4)43-48(30)8-2/h11-15,18-20H,7-10,16-17H2,1-6H3,(H2,37,50)(H,38,40,51)(H,39,41,52). The molecule has 16 nitrogen and oxygen atoms in total. The van der Waals surface area contributed by atoms with Crippen LogP contribution in [-0.2, 0) is 31.0 Å². The number of unbranched alkanes of at least 4 members (excludes halogenated alkanes) is 1. The highest BCUT2D eigenvalue weighted by atomic mass is 16.2. The van der Waals surface area contributed by atoms with Gasteiger partial charge in [0.1, 0.15) is 16.9 Å². The number of anilines is 3. The predicted molar refractivity (Wildman–Crippen MR) is 197 cm³/mol. The molecule has 0 saturated heterocycles. The zero-order chi connectivity index (χ0) is 37.3. The van der Waals surface area contributed by atoms with Gasteiger partial charge in [0.15, 0.2) is 0 Å². The molecule has 0 aliphatic heterocycles. The summed E-state index contributed by atoms with van der Waals surface area (Å²) in [5, 5.41) is 14.7. The molecule has 0 saturated carbocycles. The number of para-hydroxylation sites is 1. The zero-order valence-corrected chi connectivity index (χ0v) is 30.1. The highest BCUT2D eigenvalue weighted by Gasteiger charge is 2.22. The van der Waals surface area contributed by atoms with Gasteiger partial charge in [-0.15, -0.1) is 0 Å². The molecule has 0 bridgehead atoms. The van der Waals surface area contributed by atoms with Crippen LogP contribution in [-0.4, -0.2) is 69.3 Å². The number of nitrogens with two attached hydrogens (primary N) is 1. The number of aromatic nitrogens is 8. The molecule has 0 radical (unpaired) electrons. The molecule has 0 aliphatic carbocycles. The van der Waals surface area contributed by atoms with Gasteiger partial charge in [0.25, 0.3) is 11.8 Å². The van der Waals surface area contributed by atoms with E-state index in [1.807, 2.05) is 55.0 Å². The van der Waals surface area contributed by atoms with Crippen molar-refractivity contribution < 1.29 is 19.2 Å². The second-order valence-electron chi connectivity index (χ2n) is 12.6. The van der Waals surface area contributed by atoms with E-state index in [2.05, 4.69) is 25.8 Å². The van der Waals surface area contributed by atoms with Gasteiger partial charge in [0, 0.05) is 45.7 Å². The van der Waals surface area contributed by atoms with E-state index in [-0.39, 0.29) is 17.7 Å². The first-order valence-electron chi connectivity index (χ1n) is 17.1. The summed E-state index contributed by atoms with van der Waals surface area (Å²) in [5.41, 5.74) is 11.3. The van der Waals surface area contributed by atoms with Gasteiger partial charge in [0.05, 0.1) is 33.6 Å². The van der Waals surface area contributed by atoms with Crippen LogP contribution in [0, 0.1) is 13.8 Å². The third kappa shape index (κ3) is 6.86. The van der Waals surface area contributed by atoms with Crippen LogP contribution in [0.4, 0.5) is 17.6 Å². The number of aryl methyl sites for hydroxylation is 6. The lowest BCUT2D eigenvalue weighted by Crippen LogP contribution is -2.23. The molecule has 0 fully saturated rings. The molecule has 0 spiro atoms. The summed E-state index contributed by atoms with van der Waals surface area (Å²) < 4.78 is 7.11. The lowest BCUT2D eigenvalue weighted by molar-refractivity contribution is -0.116. The maximum atomic E-state index is 13.5. The number of rotatable bonds is 13. The fourth-order valence-electron chi connectivity index (χ4n) is 6.31. The van der Waals surface area contributed by atoms with E-state index >= 15 is 0 Å². The fraction of sp³-hybridized carbons (Fsp3) is 0.333. The van der Waals surface area contributed by atoms with Crippen LogP contribution in [0.5, 0.6) is 0 Å². The fourth-order valence-corrected chi connectivity index (χ4v) is 6.31. The van der Waals surface area contributed by atoms with E-state index in [0.717, 1.165) is 22.4 Å². The molecule has 4 heterocycles. The summed E-state index contributed by atoms with van der Waals surface area (Å²) >= 11 is 0. The number of hydrogen-bond donors (Lipinski definition) is 3. The summed E-state index contributed by atoms with van der Waals surface area (Å²) in [6.45, 7) is 11.0. The number of benzene rings is 2. The van der Waals surface area contributed by atoms with Crippen LogP contribution in [0.3, 0.4) is 0 Å². The molecule has 270 valence electrons. The number of fused-ring (bicyclic) bond motifs is 2. The number of carbonyl (C=O) groups is 4.